The predicted octanol–water partition coefficient (Wildman–Crippen LogP) is 2.05. The van der Waals surface area contributed by atoms with E-state index in [0.717, 1.165) is 19.3 Å². The first kappa shape index (κ1) is 19.3. The maximum absolute atomic E-state index is 14.4. The van der Waals surface area contributed by atoms with Crippen LogP contribution in [0.3, 0.4) is 0 Å². The van der Waals surface area contributed by atoms with Crippen LogP contribution in [0.1, 0.15) is 42.5 Å². The van der Waals surface area contributed by atoms with Crippen molar-refractivity contribution >= 4 is 23.5 Å². The van der Waals surface area contributed by atoms with Gasteiger partial charge in [-0.3, -0.25) is 14.4 Å². The molecule has 0 radical (unpaired) electrons. The van der Waals surface area contributed by atoms with Crippen molar-refractivity contribution in [2.24, 2.45) is 0 Å². The maximum atomic E-state index is 14.4. The van der Waals surface area contributed by atoms with Crippen molar-refractivity contribution in [3.05, 3.63) is 29.6 Å². The van der Waals surface area contributed by atoms with Crippen LogP contribution in [0.2, 0.25) is 0 Å². The van der Waals surface area contributed by atoms with Gasteiger partial charge in [-0.1, -0.05) is 0 Å². The lowest BCUT2D eigenvalue weighted by Crippen LogP contribution is -2.39. The van der Waals surface area contributed by atoms with Crippen molar-refractivity contribution in [1.29, 1.82) is 0 Å². The Morgan fingerprint density at radius 2 is 2.15 bits per heavy atom. The maximum Gasteiger partial charge on any atom is 0.305 e. The summed E-state index contributed by atoms with van der Waals surface area (Å²) in [7, 11) is 0. The van der Waals surface area contributed by atoms with E-state index in [-0.39, 0.29) is 37.1 Å². The number of benzene rings is 1. The second-order valence-corrected chi connectivity index (χ2v) is 6.84. The van der Waals surface area contributed by atoms with Crippen LogP contribution in [0, 0.1) is 5.82 Å². The van der Waals surface area contributed by atoms with E-state index in [1.165, 1.54) is 28.0 Å². The SMILES string of the molecule is O=C(O)CCN(CC1CCCO1)C(=O)c1cc(N2CCCC2=O)ccc1F. The molecule has 3 rings (SSSR count). The normalized spacial score (nSPS) is 19.5. The number of hydrogen-bond donors (Lipinski definition) is 1. The fraction of sp³-hybridized carbons (Fsp3) is 0.526. The fourth-order valence-electron chi connectivity index (χ4n) is 3.48. The highest BCUT2D eigenvalue weighted by Crippen LogP contribution is 2.25. The minimum atomic E-state index is -1.03. The molecule has 0 spiro atoms. The van der Waals surface area contributed by atoms with Gasteiger partial charge < -0.3 is 19.6 Å². The number of amides is 2. The van der Waals surface area contributed by atoms with E-state index >= 15 is 0 Å². The topological polar surface area (TPSA) is 87.2 Å². The minimum absolute atomic E-state index is 0.0274. The van der Waals surface area contributed by atoms with Crippen LogP contribution < -0.4 is 4.90 Å². The summed E-state index contributed by atoms with van der Waals surface area (Å²) in [5, 5.41) is 8.96. The third kappa shape index (κ3) is 4.63. The van der Waals surface area contributed by atoms with Crippen LogP contribution in [-0.4, -0.2) is 60.1 Å². The molecule has 0 aromatic heterocycles. The first-order valence-corrected chi connectivity index (χ1v) is 9.18. The van der Waals surface area contributed by atoms with Crippen molar-refractivity contribution in [3.63, 3.8) is 0 Å². The second kappa shape index (κ2) is 8.47. The van der Waals surface area contributed by atoms with Crippen molar-refractivity contribution in [3.8, 4) is 0 Å². The fourth-order valence-corrected chi connectivity index (χ4v) is 3.48. The van der Waals surface area contributed by atoms with Gasteiger partial charge in [-0.15, -0.1) is 0 Å². The molecule has 2 heterocycles. The smallest absolute Gasteiger partial charge is 0.305 e. The van der Waals surface area contributed by atoms with E-state index in [2.05, 4.69) is 0 Å². The van der Waals surface area contributed by atoms with Crippen LogP contribution in [0.4, 0.5) is 10.1 Å². The summed E-state index contributed by atoms with van der Waals surface area (Å²) in [6, 6.07) is 4.04. The molecule has 0 bridgehead atoms. The summed E-state index contributed by atoms with van der Waals surface area (Å²) in [6.45, 7) is 1.34. The van der Waals surface area contributed by atoms with Crippen molar-refractivity contribution < 1.29 is 28.6 Å². The Labute approximate surface area is 156 Å². The van der Waals surface area contributed by atoms with Gasteiger partial charge in [-0.05, 0) is 37.5 Å². The van der Waals surface area contributed by atoms with E-state index in [9.17, 15) is 18.8 Å². The summed E-state index contributed by atoms with van der Waals surface area (Å²) in [6.07, 6.45) is 2.42. The molecule has 1 aromatic rings. The van der Waals surface area contributed by atoms with Crippen LogP contribution in [0.15, 0.2) is 18.2 Å². The first-order valence-electron chi connectivity index (χ1n) is 9.18. The highest BCUT2D eigenvalue weighted by Gasteiger charge is 2.28. The molecule has 1 N–H and O–H groups in total. The Balaban J connectivity index is 1.82. The lowest BCUT2D eigenvalue weighted by molar-refractivity contribution is -0.137. The highest BCUT2D eigenvalue weighted by molar-refractivity contribution is 5.99. The Morgan fingerprint density at radius 3 is 2.78 bits per heavy atom. The third-order valence-electron chi connectivity index (χ3n) is 4.90. The van der Waals surface area contributed by atoms with Crippen LogP contribution in [-0.2, 0) is 14.3 Å². The molecular weight excluding hydrogens is 355 g/mol. The van der Waals surface area contributed by atoms with E-state index in [1.54, 1.807) is 0 Å². The zero-order chi connectivity index (χ0) is 19.4. The largest absolute Gasteiger partial charge is 0.481 e. The Bertz CT molecular complexity index is 733. The van der Waals surface area contributed by atoms with Gasteiger partial charge in [0.25, 0.3) is 5.91 Å². The van der Waals surface area contributed by atoms with Gasteiger partial charge in [0.15, 0.2) is 0 Å². The van der Waals surface area contributed by atoms with Crippen molar-refractivity contribution in [2.75, 3.05) is 31.1 Å². The molecule has 7 nitrogen and oxygen atoms in total. The number of aliphatic carboxylic acids is 1. The molecule has 2 amide bonds. The number of hydrogen-bond acceptors (Lipinski definition) is 4. The third-order valence-corrected chi connectivity index (χ3v) is 4.90. The van der Waals surface area contributed by atoms with E-state index < -0.39 is 17.7 Å². The molecule has 1 atom stereocenters. The molecule has 2 saturated heterocycles. The van der Waals surface area contributed by atoms with E-state index in [1.807, 2.05) is 0 Å². The number of carbonyl (C=O) groups is 3. The molecule has 2 fully saturated rings. The molecule has 0 aliphatic carbocycles. The molecule has 0 saturated carbocycles. The van der Waals surface area contributed by atoms with Gasteiger partial charge in [0.1, 0.15) is 5.82 Å². The van der Waals surface area contributed by atoms with Gasteiger partial charge in [0.2, 0.25) is 5.91 Å². The Hall–Kier alpha value is -2.48. The number of carboxylic acids is 1. The van der Waals surface area contributed by atoms with E-state index in [4.69, 9.17) is 9.84 Å². The molecule has 27 heavy (non-hydrogen) atoms. The van der Waals surface area contributed by atoms with Crippen LogP contribution in [0.5, 0.6) is 0 Å². The number of carboxylic acid groups (broad SMARTS) is 1. The molecule has 1 aromatic carbocycles. The lowest BCUT2D eigenvalue weighted by Gasteiger charge is -2.26. The number of nitrogens with zero attached hydrogens (tertiary/aromatic N) is 2. The number of halogens is 1. The Morgan fingerprint density at radius 1 is 1.33 bits per heavy atom. The first-order chi connectivity index (χ1) is 13.0. The summed E-state index contributed by atoms with van der Waals surface area (Å²) in [5.41, 5.74) is 0.327. The van der Waals surface area contributed by atoms with Crippen LogP contribution in [0.25, 0.3) is 0 Å². The molecular formula is C19H23FN2O5. The standard InChI is InChI=1S/C19H23FN2O5/c20-16-6-5-13(22-8-1-4-17(22)23)11-15(16)19(26)21(9-7-18(24)25)12-14-3-2-10-27-14/h5-6,11,14H,1-4,7-10,12H2,(H,24,25). The summed E-state index contributed by atoms with van der Waals surface area (Å²) in [4.78, 5) is 38.7. The summed E-state index contributed by atoms with van der Waals surface area (Å²) < 4.78 is 19.9. The summed E-state index contributed by atoms with van der Waals surface area (Å²) in [5.74, 6) is -2.36. The van der Waals surface area contributed by atoms with E-state index in [0.29, 0.717) is 25.3 Å². The second-order valence-electron chi connectivity index (χ2n) is 6.84. The average Bonchev–Trinajstić information content (AvgIpc) is 3.30. The number of ether oxygens (including phenoxy) is 1. The predicted molar refractivity (Wildman–Crippen MR) is 95.1 cm³/mol. The number of rotatable bonds is 7. The average molecular weight is 378 g/mol. The van der Waals surface area contributed by atoms with Gasteiger partial charge in [-0.25, -0.2) is 4.39 Å². The highest BCUT2D eigenvalue weighted by atomic mass is 19.1. The molecule has 2 aliphatic heterocycles. The minimum Gasteiger partial charge on any atom is -0.481 e. The molecule has 1 unspecified atom stereocenters. The van der Waals surface area contributed by atoms with Crippen molar-refractivity contribution in [2.45, 2.75) is 38.2 Å². The Kier molecular flexibility index (Phi) is 6.05. The van der Waals surface area contributed by atoms with Gasteiger partial charge in [0.05, 0.1) is 18.1 Å². The van der Waals surface area contributed by atoms with Crippen LogP contribution >= 0.6 is 0 Å². The zero-order valence-corrected chi connectivity index (χ0v) is 15.0. The number of carbonyl (C=O) groups excluding carboxylic acids is 2. The van der Waals surface area contributed by atoms with Gasteiger partial charge in [0, 0.05) is 38.3 Å². The molecule has 146 valence electrons. The van der Waals surface area contributed by atoms with Gasteiger partial charge in [-0.2, -0.15) is 0 Å². The van der Waals surface area contributed by atoms with Crippen molar-refractivity contribution in [1.82, 2.24) is 4.90 Å². The number of anilines is 1. The quantitative estimate of drug-likeness (QED) is 0.785. The zero-order valence-electron chi connectivity index (χ0n) is 15.0. The molecule has 2 aliphatic rings. The molecule has 8 heteroatoms. The summed E-state index contributed by atoms with van der Waals surface area (Å²) >= 11 is 0. The monoisotopic (exact) mass is 378 g/mol. The van der Waals surface area contributed by atoms with Gasteiger partial charge >= 0.3 is 5.97 Å². The lowest BCUT2D eigenvalue weighted by atomic mass is 10.1.